The van der Waals surface area contributed by atoms with Crippen LogP contribution < -0.4 is 10.6 Å². The zero-order valence-electron chi connectivity index (χ0n) is 21.7. The third-order valence-corrected chi connectivity index (χ3v) is 4.76. The van der Waals surface area contributed by atoms with E-state index in [-0.39, 0.29) is 65.0 Å². The van der Waals surface area contributed by atoms with E-state index in [1.807, 2.05) is 0 Å². The maximum absolute atomic E-state index is 12.3. The third kappa shape index (κ3) is 15.7. The molecule has 0 heterocycles. The average molecular weight is 517 g/mol. The lowest BCUT2D eigenvalue weighted by Gasteiger charge is -2.17. The first kappa shape index (κ1) is 32.8. The summed E-state index contributed by atoms with van der Waals surface area (Å²) in [6.07, 6.45) is 0.795. The molecule has 0 aliphatic heterocycles. The quantitative estimate of drug-likeness (QED) is 0.145. The number of ether oxygens (including phenoxy) is 4. The second kappa shape index (κ2) is 20.1. The van der Waals surface area contributed by atoms with Crippen LogP contribution in [0.5, 0.6) is 0 Å². The van der Waals surface area contributed by atoms with Gasteiger partial charge in [0, 0.05) is 25.7 Å². The van der Waals surface area contributed by atoms with Crippen molar-refractivity contribution in [3.8, 4) is 0 Å². The number of esters is 4. The van der Waals surface area contributed by atoms with Gasteiger partial charge >= 0.3 is 23.9 Å². The van der Waals surface area contributed by atoms with Gasteiger partial charge in [0.05, 0.1) is 26.4 Å². The minimum Gasteiger partial charge on any atom is -0.466 e. The largest absolute Gasteiger partial charge is 0.466 e. The van der Waals surface area contributed by atoms with E-state index in [0.717, 1.165) is 0 Å². The highest BCUT2D eigenvalue weighted by Crippen LogP contribution is 2.07. The average Bonchev–Trinajstić information content (AvgIpc) is 2.82. The molecule has 0 spiro atoms. The maximum atomic E-state index is 12.3. The van der Waals surface area contributed by atoms with Gasteiger partial charge in [0.15, 0.2) is 0 Å². The molecule has 0 saturated heterocycles. The Kier molecular flexibility index (Phi) is 18.3. The molecule has 0 aliphatic carbocycles. The number of nitrogens with one attached hydrogen (secondary N) is 2. The summed E-state index contributed by atoms with van der Waals surface area (Å²) in [5, 5.41) is 5.12. The van der Waals surface area contributed by atoms with Gasteiger partial charge in [-0.2, -0.15) is 0 Å². The summed E-state index contributed by atoms with van der Waals surface area (Å²) >= 11 is 0. The van der Waals surface area contributed by atoms with Gasteiger partial charge in [-0.05, 0) is 53.4 Å². The molecule has 0 rings (SSSR count). The van der Waals surface area contributed by atoms with Crippen LogP contribution in [0.2, 0.25) is 0 Å². The van der Waals surface area contributed by atoms with Crippen LogP contribution in [0.4, 0.5) is 0 Å². The Labute approximate surface area is 212 Å². The zero-order valence-corrected chi connectivity index (χ0v) is 21.7. The van der Waals surface area contributed by atoms with Gasteiger partial charge in [-0.25, -0.2) is 9.59 Å². The molecule has 206 valence electrons. The first-order valence-electron chi connectivity index (χ1n) is 12.4. The van der Waals surface area contributed by atoms with Gasteiger partial charge in [-0.1, -0.05) is 0 Å². The van der Waals surface area contributed by atoms with E-state index < -0.39 is 47.8 Å². The molecule has 0 saturated carbocycles. The Bertz CT molecular complexity index is 666. The molecule has 12 heteroatoms. The van der Waals surface area contributed by atoms with Crippen molar-refractivity contribution in [3.63, 3.8) is 0 Å². The molecule has 0 aromatic carbocycles. The summed E-state index contributed by atoms with van der Waals surface area (Å²) in [4.78, 5) is 71.9. The SMILES string of the molecule is CCOC(=O)CC[C@H](NC(=O)CCCCC(=O)N[C@H](CCC(=O)OCC)C(=O)OCC)C(=O)OCC. The van der Waals surface area contributed by atoms with Crippen molar-refractivity contribution < 1.29 is 47.7 Å². The molecule has 2 atom stereocenters. The molecule has 0 aromatic heterocycles. The highest BCUT2D eigenvalue weighted by molar-refractivity contribution is 5.86. The Balaban J connectivity index is 4.59. The van der Waals surface area contributed by atoms with Gasteiger partial charge in [-0.3, -0.25) is 19.2 Å². The second-order valence-corrected chi connectivity index (χ2v) is 7.64. The van der Waals surface area contributed by atoms with Gasteiger partial charge in [0.25, 0.3) is 0 Å². The smallest absolute Gasteiger partial charge is 0.328 e. The molecule has 0 aromatic rings. The van der Waals surface area contributed by atoms with Crippen molar-refractivity contribution in [1.82, 2.24) is 10.6 Å². The predicted molar refractivity (Wildman–Crippen MR) is 127 cm³/mol. The van der Waals surface area contributed by atoms with Crippen LogP contribution in [-0.4, -0.2) is 74.2 Å². The Morgan fingerprint density at radius 3 is 1.17 bits per heavy atom. The van der Waals surface area contributed by atoms with Crippen molar-refractivity contribution in [2.45, 2.75) is 91.1 Å². The second-order valence-electron chi connectivity index (χ2n) is 7.64. The summed E-state index contributed by atoms with van der Waals surface area (Å²) in [7, 11) is 0. The fourth-order valence-corrected chi connectivity index (χ4v) is 3.08. The topological polar surface area (TPSA) is 163 Å². The molecule has 2 N–H and O–H groups in total. The van der Waals surface area contributed by atoms with E-state index in [9.17, 15) is 28.8 Å². The molecule has 36 heavy (non-hydrogen) atoms. The summed E-state index contributed by atoms with van der Waals surface area (Å²) in [5.74, 6) is -3.07. The van der Waals surface area contributed by atoms with Crippen LogP contribution in [0.1, 0.15) is 79.1 Å². The molecule has 0 unspecified atom stereocenters. The van der Waals surface area contributed by atoms with E-state index in [4.69, 9.17) is 18.9 Å². The summed E-state index contributed by atoms with van der Waals surface area (Å²) in [5.41, 5.74) is 0. The molecule has 12 nitrogen and oxygen atoms in total. The van der Waals surface area contributed by atoms with Crippen LogP contribution in [0.15, 0.2) is 0 Å². The number of carbonyl (C=O) groups is 6. The third-order valence-electron chi connectivity index (χ3n) is 4.76. The highest BCUT2D eigenvalue weighted by atomic mass is 16.5. The van der Waals surface area contributed by atoms with E-state index in [1.54, 1.807) is 27.7 Å². The molecular weight excluding hydrogens is 476 g/mol. The first-order valence-corrected chi connectivity index (χ1v) is 12.4. The minimum absolute atomic E-state index is 0.0461. The van der Waals surface area contributed by atoms with Crippen LogP contribution in [0.3, 0.4) is 0 Å². The minimum atomic E-state index is -0.977. The Morgan fingerprint density at radius 1 is 0.528 bits per heavy atom. The Hall–Kier alpha value is -3.18. The monoisotopic (exact) mass is 516 g/mol. The number of rotatable bonds is 19. The van der Waals surface area contributed by atoms with Crippen molar-refractivity contribution in [3.05, 3.63) is 0 Å². The lowest BCUT2D eigenvalue weighted by atomic mass is 10.1. The van der Waals surface area contributed by atoms with Crippen LogP contribution >= 0.6 is 0 Å². The van der Waals surface area contributed by atoms with Gasteiger partial charge < -0.3 is 29.6 Å². The predicted octanol–water partition coefficient (Wildman–Crippen LogP) is 1.33. The zero-order chi connectivity index (χ0) is 27.3. The van der Waals surface area contributed by atoms with Crippen LogP contribution in [0, 0.1) is 0 Å². The lowest BCUT2D eigenvalue weighted by Crippen LogP contribution is -2.42. The molecule has 0 fully saturated rings. The molecule has 0 bridgehead atoms. The van der Waals surface area contributed by atoms with E-state index >= 15 is 0 Å². The molecule has 0 radical (unpaired) electrons. The number of amides is 2. The number of hydrogen-bond acceptors (Lipinski definition) is 10. The van der Waals surface area contributed by atoms with Crippen LogP contribution in [-0.2, 0) is 47.7 Å². The standard InChI is InChI=1S/C24H40N2O10/c1-5-33-21(29)15-13-17(23(31)35-7-3)25-19(27)11-9-10-12-20(28)26-18(24(32)36-8-4)14-16-22(30)34-6-2/h17-18H,5-16H2,1-4H3,(H,25,27)(H,26,28)/t17-,18+. The van der Waals surface area contributed by atoms with Gasteiger partial charge in [-0.15, -0.1) is 0 Å². The number of unbranched alkanes of at least 4 members (excludes halogenated alkanes) is 1. The Morgan fingerprint density at radius 2 is 0.861 bits per heavy atom. The van der Waals surface area contributed by atoms with Crippen molar-refractivity contribution in [2.75, 3.05) is 26.4 Å². The fourth-order valence-electron chi connectivity index (χ4n) is 3.08. The molecule has 2 amide bonds. The van der Waals surface area contributed by atoms with Gasteiger partial charge in [0.1, 0.15) is 12.1 Å². The summed E-state index contributed by atoms with van der Waals surface area (Å²) in [6.45, 7) is 7.31. The lowest BCUT2D eigenvalue weighted by molar-refractivity contribution is -0.150. The van der Waals surface area contributed by atoms with E-state index in [1.165, 1.54) is 0 Å². The summed E-state index contributed by atoms with van der Waals surface area (Å²) < 4.78 is 19.6. The summed E-state index contributed by atoms with van der Waals surface area (Å²) in [6, 6.07) is -1.95. The number of hydrogen-bond donors (Lipinski definition) is 2. The normalized spacial score (nSPS) is 12.0. The van der Waals surface area contributed by atoms with Crippen molar-refractivity contribution in [2.24, 2.45) is 0 Å². The van der Waals surface area contributed by atoms with E-state index in [2.05, 4.69) is 10.6 Å². The fraction of sp³-hybridized carbons (Fsp3) is 0.750. The molecular formula is C24H40N2O10. The van der Waals surface area contributed by atoms with Gasteiger partial charge in [0.2, 0.25) is 11.8 Å². The highest BCUT2D eigenvalue weighted by Gasteiger charge is 2.24. The van der Waals surface area contributed by atoms with E-state index in [0.29, 0.717) is 12.8 Å². The maximum Gasteiger partial charge on any atom is 0.328 e. The van der Waals surface area contributed by atoms with Crippen molar-refractivity contribution in [1.29, 1.82) is 0 Å². The molecule has 0 aliphatic rings. The van der Waals surface area contributed by atoms with Crippen molar-refractivity contribution >= 4 is 35.7 Å². The number of carbonyl (C=O) groups excluding carboxylic acids is 6. The first-order chi connectivity index (χ1) is 17.2. The van der Waals surface area contributed by atoms with Crippen LogP contribution in [0.25, 0.3) is 0 Å².